The van der Waals surface area contributed by atoms with Crippen molar-refractivity contribution in [1.29, 1.82) is 0 Å². The largest absolute Gasteiger partial charge is 0.397 e. The van der Waals surface area contributed by atoms with Crippen LogP contribution in [-0.2, 0) is 0 Å². The molecule has 0 spiro atoms. The highest BCUT2D eigenvalue weighted by atomic mass is 35.5. The molecule has 0 aromatic heterocycles. The molecular formula is C7H7ClN2O. The van der Waals surface area contributed by atoms with E-state index in [-0.39, 0.29) is 11.3 Å². The normalized spacial score (nSPS) is 9.55. The number of para-hydroxylation sites is 1. The third kappa shape index (κ3) is 1.43. The molecule has 4 N–H and O–H groups in total. The van der Waals surface area contributed by atoms with E-state index < -0.39 is 5.24 Å². The maximum absolute atomic E-state index is 10.6. The van der Waals surface area contributed by atoms with Crippen LogP contribution >= 0.6 is 11.6 Å². The number of rotatable bonds is 1. The third-order valence-electron chi connectivity index (χ3n) is 1.35. The summed E-state index contributed by atoms with van der Waals surface area (Å²) in [5.41, 5.74) is 11.7. The maximum atomic E-state index is 10.6. The van der Waals surface area contributed by atoms with Crippen LogP contribution in [0.15, 0.2) is 18.2 Å². The van der Waals surface area contributed by atoms with Gasteiger partial charge in [0.25, 0.3) is 5.24 Å². The number of carbonyl (C=O) groups excluding carboxylic acids is 1. The lowest BCUT2D eigenvalue weighted by atomic mass is 10.2. The van der Waals surface area contributed by atoms with E-state index in [0.717, 1.165) is 0 Å². The second kappa shape index (κ2) is 2.80. The second-order valence-electron chi connectivity index (χ2n) is 2.08. The van der Waals surface area contributed by atoms with Crippen molar-refractivity contribution in [3.8, 4) is 0 Å². The summed E-state index contributed by atoms with van der Waals surface area (Å²) >= 11 is 5.21. The van der Waals surface area contributed by atoms with Crippen molar-refractivity contribution in [3.05, 3.63) is 23.8 Å². The third-order valence-corrected chi connectivity index (χ3v) is 1.56. The number of nitrogens with two attached hydrogens (primary N) is 2. The molecule has 0 aliphatic rings. The Morgan fingerprint density at radius 1 is 1.36 bits per heavy atom. The zero-order valence-electron chi connectivity index (χ0n) is 5.67. The second-order valence-corrected chi connectivity index (χ2v) is 2.43. The fourth-order valence-corrected chi connectivity index (χ4v) is 0.919. The van der Waals surface area contributed by atoms with Gasteiger partial charge in [0.05, 0.1) is 16.9 Å². The van der Waals surface area contributed by atoms with E-state index in [1.165, 1.54) is 6.07 Å². The van der Waals surface area contributed by atoms with Crippen LogP contribution < -0.4 is 11.5 Å². The number of hydrogen-bond donors (Lipinski definition) is 2. The summed E-state index contributed by atoms with van der Waals surface area (Å²) in [6, 6.07) is 4.76. The molecule has 0 heterocycles. The van der Waals surface area contributed by atoms with E-state index in [1.807, 2.05) is 0 Å². The first-order valence-corrected chi connectivity index (χ1v) is 3.34. The number of benzene rings is 1. The molecule has 4 heteroatoms. The molecule has 0 saturated heterocycles. The van der Waals surface area contributed by atoms with E-state index >= 15 is 0 Å². The number of halogens is 1. The van der Waals surface area contributed by atoms with Gasteiger partial charge < -0.3 is 11.5 Å². The quantitative estimate of drug-likeness (QED) is 0.492. The highest BCUT2D eigenvalue weighted by Crippen LogP contribution is 2.20. The minimum atomic E-state index is -0.588. The molecule has 0 aliphatic heterocycles. The molecule has 0 amide bonds. The Bertz CT molecular complexity index is 298. The standard InChI is InChI=1S/C7H7ClN2O/c8-7(11)4-2-1-3-5(9)6(4)10/h1-3H,9-10H2. The summed E-state index contributed by atoms with van der Waals surface area (Å²) in [5, 5.41) is -0.588. The Kier molecular flexibility index (Phi) is 2.01. The highest BCUT2D eigenvalue weighted by Gasteiger charge is 2.07. The molecule has 0 aliphatic carbocycles. The molecule has 0 bridgehead atoms. The van der Waals surface area contributed by atoms with Crippen LogP contribution in [0.1, 0.15) is 10.4 Å². The lowest BCUT2D eigenvalue weighted by Gasteiger charge is -2.01. The van der Waals surface area contributed by atoms with Gasteiger partial charge in [-0.05, 0) is 23.7 Å². The van der Waals surface area contributed by atoms with E-state index in [0.29, 0.717) is 5.69 Å². The Labute approximate surface area is 68.9 Å². The molecule has 0 atom stereocenters. The summed E-state index contributed by atoms with van der Waals surface area (Å²) < 4.78 is 0. The summed E-state index contributed by atoms with van der Waals surface area (Å²) in [4.78, 5) is 10.6. The van der Waals surface area contributed by atoms with Crippen molar-refractivity contribution in [2.24, 2.45) is 0 Å². The van der Waals surface area contributed by atoms with E-state index in [1.54, 1.807) is 12.1 Å². The van der Waals surface area contributed by atoms with Crippen LogP contribution in [-0.4, -0.2) is 5.24 Å². The molecule has 1 aromatic carbocycles. The monoisotopic (exact) mass is 170 g/mol. The summed E-state index contributed by atoms with van der Waals surface area (Å²) in [5.74, 6) is 0. The molecule has 3 nitrogen and oxygen atoms in total. The SMILES string of the molecule is Nc1cccc(C(=O)Cl)c1N. The minimum absolute atomic E-state index is 0.243. The summed E-state index contributed by atoms with van der Waals surface area (Å²) in [6.07, 6.45) is 0. The van der Waals surface area contributed by atoms with Gasteiger partial charge >= 0.3 is 0 Å². The minimum Gasteiger partial charge on any atom is -0.397 e. The van der Waals surface area contributed by atoms with Crippen molar-refractivity contribution < 1.29 is 4.79 Å². The Balaban J connectivity index is 3.27. The lowest BCUT2D eigenvalue weighted by Crippen LogP contribution is -2.01. The zero-order chi connectivity index (χ0) is 8.43. The van der Waals surface area contributed by atoms with E-state index in [2.05, 4.69) is 0 Å². The van der Waals surface area contributed by atoms with Crippen molar-refractivity contribution in [1.82, 2.24) is 0 Å². The van der Waals surface area contributed by atoms with Gasteiger partial charge in [-0.15, -0.1) is 0 Å². The van der Waals surface area contributed by atoms with Crippen molar-refractivity contribution in [3.63, 3.8) is 0 Å². The summed E-state index contributed by atoms with van der Waals surface area (Å²) in [6.45, 7) is 0. The smallest absolute Gasteiger partial charge is 0.254 e. The first kappa shape index (κ1) is 7.88. The predicted molar refractivity (Wildman–Crippen MR) is 45.5 cm³/mol. The molecule has 0 fully saturated rings. The van der Waals surface area contributed by atoms with Crippen LogP contribution in [0.25, 0.3) is 0 Å². The van der Waals surface area contributed by atoms with Gasteiger partial charge in [0.15, 0.2) is 0 Å². The Morgan fingerprint density at radius 3 is 2.45 bits per heavy atom. The highest BCUT2D eigenvalue weighted by molar-refractivity contribution is 6.68. The van der Waals surface area contributed by atoms with Gasteiger partial charge in [0.1, 0.15) is 0 Å². The van der Waals surface area contributed by atoms with Gasteiger partial charge in [0.2, 0.25) is 0 Å². The van der Waals surface area contributed by atoms with Crippen LogP contribution in [0.5, 0.6) is 0 Å². The first-order chi connectivity index (χ1) is 5.13. The van der Waals surface area contributed by atoms with Gasteiger partial charge in [-0.1, -0.05) is 6.07 Å². The molecule has 0 unspecified atom stereocenters. The zero-order valence-corrected chi connectivity index (χ0v) is 6.43. The maximum Gasteiger partial charge on any atom is 0.254 e. The van der Waals surface area contributed by atoms with Gasteiger partial charge in [-0.2, -0.15) is 0 Å². The summed E-state index contributed by atoms with van der Waals surface area (Å²) in [7, 11) is 0. The first-order valence-electron chi connectivity index (χ1n) is 2.96. The van der Waals surface area contributed by atoms with Crippen LogP contribution in [0.4, 0.5) is 11.4 Å². The van der Waals surface area contributed by atoms with Crippen molar-refractivity contribution in [2.45, 2.75) is 0 Å². The fourth-order valence-electron chi connectivity index (χ4n) is 0.754. The molecule has 0 saturated carbocycles. The Morgan fingerprint density at radius 2 is 2.00 bits per heavy atom. The number of nitrogen functional groups attached to an aromatic ring is 2. The van der Waals surface area contributed by atoms with Crippen LogP contribution in [0, 0.1) is 0 Å². The topological polar surface area (TPSA) is 69.1 Å². The number of carbonyl (C=O) groups is 1. The van der Waals surface area contributed by atoms with Gasteiger partial charge in [-0.3, -0.25) is 4.79 Å². The molecule has 1 aromatic rings. The van der Waals surface area contributed by atoms with E-state index in [9.17, 15) is 4.79 Å². The van der Waals surface area contributed by atoms with Gasteiger partial charge in [0, 0.05) is 0 Å². The predicted octanol–water partition coefficient (Wildman–Crippen LogP) is 1.23. The van der Waals surface area contributed by atoms with Crippen molar-refractivity contribution in [2.75, 3.05) is 11.5 Å². The number of anilines is 2. The Hall–Kier alpha value is -1.22. The van der Waals surface area contributed by atoms with Crippen molar-refractivity contribution >= 4 is 28.2 Å². The molecule has 0 radical (unpaired) electrons. The molecule has 1 rings (SSSR count). The van der Waals surface area contributed by atoms with Gasteiger partial charge in [-0.25, -0.2) is 0 Å². The van der Waals surface area contributed by atoms with E-state index in [4.69, 9.17) is 23.1 Å². The fraction of sp³-hybridized carbons (Fsp3) is 0. The average molecular weight is 171 g/mol. The average Bonchev–Trinajstić information content (AvgIpc) is 1.94. The molecule has 11 heavy (non-hydrogen) atoms. The molecule has 58 valence electrons. The van der Waals surface area contributed by atoms with Crippen LogP contribution in [0.3, 0.4) is 0 Å². The number of hydrogen-bond acceptors (Lipinski definition) is 3. The van der Waals surface area contributed by atoms with Crippen LogP contribution in [0.2, 0.25) is 0 Å². The lowest BCUT2D eigenvalue weighted by molar-refractivity contribution is 0.108. The molecular weight excluding hydrogens is 164 g/mol.